The third-order valence-electron chi connectivity index (χ3n) is 2.82. The summed E-state index contributed by atoms with van der Waals surface area (Å²) in [5.74, 6) is 0.0891. The van der Waals surface area contributed by atoms with Crippen molar-refractivity contribution in [3.05, 3.63) is 0 Å². The van der Waals surface area contributed by atoms with Gasteiger partial charge < -0.3 is 5.32 Å². The molecule has 1 fully saturated rings. The summed E-state index contributed by atoms with van der Waals surface area (Å²) >= 11 is 0. The van der Waals surface area contributed by atoms with E-state index >= 15 is 0 Å². The molecule has 1 amide bonds. The largest absolute Gasteiger partial charge is 0.355 e. The van der Waals surface area contributed by atoms with Gasteiger partial charge in [-0.1, -0.05) is 0 Å². The van der Waals surface area contributed by atoms with Gasteiger partial charge in [0.25, 0.3) is 0 Å². The number of hydrogen-bond donors (Lipinski definition) is 1. The van der Waals surface area contributed by atoms with Crippen molar-refractivity contribution >= 4 is 5.91 Å². The number of nitrogens with one attached hydrogen (secondary N) is 1. The van der Waals surface area contributed by atoms with Crippen molar-refractivity contribution in [1.82, 2.24) is 10.2 Å². The fourth-order valence-electron chi connectivity index (χ4n) is 1.94. The van der Waals surface area contributed by atoms with Gasteiger partial charge in [0, 0.05) is 13.1 Å². The maximum absolute atomic E-state index is 11.7. The molecule has 0 bridgehead atoms. The number of carbonyl (C=O) groups excluding carboxylic acids is 1. The summed E-state index contributed by atoms with van der Waals surface area (Å²) < 4.78 is 0. The lowest BCUT2D eigenvalue weighted by Gasteiger charge is -2.26. The Morgan fingerprint density at radius 3 is 3.07 bits per heavy atom. The molecule has 0 aromatic heterocycles. The molecule has 4 heteroatoms. The highest BCUT2D eigenvalue weighted by Crippen LogP contribution is 2.12. The summed E-state index contributed by atoms with van der Waals surface area (Å²) in [7, 11) is 1.92. The first-order valence-electron chi connectivity index (χ1n) is 5.52. The zero-order valence-corrected chi connectivity index (χ0v) is 9.49. The number of carbonyl (C=O) groups is 1. The van der Waals surface area contributed by atoms with E-state index in [4.69, 9.17) is 5.26 Å². The second kappa shape index (κ2) is 5.72. The minimum atomic E-state index is -0.0525. The highest BCUT2D eigenvalue weighted by molar-refractivity contribution is 5.81. The molecular weight excluding hydrogens is 190 g/mol. The van der Waals surface area contributed by atoms with Gasteiger partial charge in [0.05, 0.1) is 18.0 Å². The number of likely N-dealkylation sites (N-methyl/N-ethyl adjacent to an activating group) is 1. The molecule has 0 radical (unpaired) electrons. The van der Waals surface area contributed by atoms with Gasteiger partial charge in [-0.15, -0.1) is 0 Å². The molecule has 0 aliphatic carbocycles. The SMILES string of the molecule is CC(C#N)CN(C)C1CCCCNC1=O. The molecular formula is C11H19N3O. The summed E-state index contributed by atoms with van der Waals surface area (Å²) in [6.07, 6.45) is 3.04. The molecule has 1 rings (SSSR count). The molecule has 4 nitrogen and oxygen atoms in total. The highest BCUT2D eigenvalue weighted by atomic mass is 16.2. The summed E-state index contributed by atoms with van der Waals surface area (Å²) in [5, 5.41) is 11.6. The van der Waals surface area contributed by atoms with E-state index in [1.807, 2.05) is 18.9 Å². The molecule has 1 heterocycles. The van der Waals surface area contributed by atoms with E-state index in [-0.39, 0.29) is 17.9 Å². The molecule has 2 unspecified atom stereocenters. The van der Waals surface area contributed by atoms with E-state index in [1.54, 1.807) is 0 Å². The van der Waals surface area contributed by atoms with E-state index in [0.717, 1.165) is 25.8 Å². The standard InChI is InChI=1S/C11H19N3O/c1-9(7-12)8-14(2)10-5-3-4-6-13-11(10)15/h9-10H,3-6,8H2,1-2H3,(H,13,15). The molecule has 0 spiro atoms. The summed E-state index contributed by atoms with van der Waals surface area (Å²) in [6.45, 7) is 3.33. The van der Waals surface area contributed by atoms with E-state index < -0.39 is 0 Å². The fraction of sp³-hybridized carbons (Fsp3) is 0.818. The molecule has 1 aliphatic rings. The third kappa shape index (κ3) is 3.52. The van der Waals surface area contributed by atoms with E-state index in [2.05, 4.69) is 11.4 Å². The lowest BCUT2D eigenvalue weighted by Crippen LogP contribution is -2.45. The number of nitriles is 1. The molecule has 1 saturated heterocycles. The Kier molecular flexibility index (Phi) is 4.57. The quantitative estimate of drug-likeness (QED) is 0.746. The third-order valence-corrected chi connectivity index (χ3v) is 2.82. The second-order valence-corrected chi connectivity index (χ2v) is 4.27. The first-order chi connectivity index (χ1) is 7.15. The van der Waals surface area contributed by atoms with Crippen molar-refractivity contribution in [1.29, 1.82) is 5.26 Å². The molecule has 2 atom stereocenters. The predicted octanol–water partition coefficient (Wildman–Crippen LogP) is 0.747. The minimum Gasteiger partial charge on any atom is -0.355 e. The van der Waals surface area contributed by atoms with Gasteiger partial charge in [0.15, 0.2) is 0 Å². The van der Waals surface area contributed by atoms with Crippen LogP contribution in [-0.4, -0.2) is 37.0 Å². The van der Waals surface area contributed by atoms with Gasteiger partial charge >= 0.3 is 0 Å². The smallest absolute Gasteiger partial charge is 0.237 e. The summed E-state index contributed by atoms with van der Waals surface area (Å²) in [4.78, 5) is 13.7. The Hall–Kier alpha value is -1.08. The Bertz CT molecular complexity index is 259. The van der Waals surface area contributed by atoms with Gasteiger partial charge in [-0.3, -0.25) is 9.69 Å². The molecule has 15 heavy (non-hydrogen) atoms. The van der Waals surface area contributed by atoms with Crippen LogP contribution in [0.25, 0.3) is 0 Å². The van der Waals surface area contributed by atoms with Gasteiger partial charge in [-0.25, -0.2) is 0 Å². The Morgan fingerprint density at radius 1 is 1.67 bits per heavy atom. The van der Waals surface area contributed by atoms with Crippen LogP contribution in [0.5, 0.6) is 0 Å². The van der Waals surface area contributed by atoms with Crippen molar-refractivity contribution in [2.24, 2.45) is 5.92 Å². The van der Waals surface area contributed by atoms with E-state index in [0.29, 0.717) is 6.54 Å². The van der Waals surface area contributed by atoms with E-state index in [1.165, 1.54) is 0 Å². The zero-order chi connectivity index (χ0) is 11.3. The molecule has 1 aliphatic heterocycles. The van der Waals surface area contributed by atoms with Crippen LogP contribution in [0, 0.1) is 17.2 Å². The van der Waals surface area contributed by atoms with Crippen LogP contribution in [0.15, 0.2) is 0 Å². The average molecular weight is 209 g/mol. The molecule has 0 aromatic rings. The number of rotatable bonds is 3. The van der Waals surface area contributed by atoms with Crippen LogP contribution in [0.4, 0.5) is 0 Å². The Labute approximate surface area is 91.2 Å². The minimum absolute atomic E-state index is 0.0222. The van der Waals surface area contributed by atoms with Gasteiger partial charge in [-0.2, -0.15) is 5.26 Å². The van der Waals surface area contributed by atoms with Crippen molar-refractivity contribution in [3.63, 3.8) is 0 Å². The van der Waals surface area contributed by atoms with Crippen LogP contribution in [0.2, 0.25) is 0 Å². The van der Waals surface area contributed by atoms with Crippen molar-refractivity contribution in [2.75, 3.05) is 20.1 Å². The number of amides is 1. The maximum atomic E-state index is 11.7. The summed E-state index contributed by atoms with van der Waals surface area (Å²) in [6, 6.07) is 2.14. The number of hydrogen-bond acceptors (Lipinski definition) is 3. The number of nitrogens with zero attached hydrogens (tertiary/aromatic N) is 2. The van der Waals surface area contributed by atoms with Crippen LogP contribution in [-0.2, 0) is 4.79 Å². The highest BCUT2D eigenvalue weighted by Gasteiger charge is 2.25. The van der Waals surface area contributed by atoms with Crippen molar-refractivity contribution < 1.29 is 4.79 Å². The molecule has 1 N–H and O–H groups in total. The van der Waals surface area contributed by atoms with E-state index in [9.17, 15) is 4.79 Å². The monoisotopic (exact) mass is 209 g/mol. The lowest BCUT2D eigenvalue weighted by molar-refractivity contribution is -0.125. The lowest BCUT2D eigenvalue weighted by atomic mass is 10.1. The Morgan fingerprint density at radius 2 is 2.40 bits per heavy atom. The van der Waals surface area contributed by atoms with Crippen molar-refractivity contribution in [2.45, 2.75) is 32.2 Å². The average Bonchev–Trinajstić information content (AvgIpc) is 2.42. The molecule has 0 aromatic carbocycles. The van der Waals surface area contributed by atoms with Crippen molar-refractivity contribution in [3.8, 4) is 6.07 Å². The van der Waals surface area contributed by atoms with Gasteiger partial charge in [0.1, 0.15) is 0 Å². The Balaban J connectivity index is 2.52. The maximum Gasteiger partial charge on any atom is 0.237 e. The molecule has 84 valence electrons. The van der Waals surface area contributed by atoms with Crippen LogP contribution < -0.4 is 5.32 Å². The summed E-state index contributed by atoms with van der Waals surface area (Å²) in [5.41, 5.74) is 0. The second-order valence-electron chi connectivity index (χ2n) is 4.27. The molecule has 0 saturated carbocycles. The first-order valence-corrected chi connectivity index (χ1v) is 5.52. The van der Waals surface area contributed by atoms with Gasteiger partial charge in [-0.05, 0) is 33.2 Å². The normalized spacial score (nSPS) is 24.1. The zero-order valence-electron chi connectivity index (χ0n) is 9.49. The van der Waals surface area contributed by atoms with Crippen LogP contribution in [0.3, 0.4) is 0 Å². The van der Waals surface area contributed by atoms with Crippen LogP contribution >= 0.6 is 0 Å². The fourth-order valence-corrected chi connectivity index (χ4v) is 1.94. The van der Waals surface area contributed by atoms with Crippen LogP contribution in [0.1, 0.15) is 26.2 Å². The first kappa shape index (κ1) is 12.0. The predicted molar refractivity (Wildman–Crippen MR) is 58.1 cm³/mol. The van der Waals surface area contributed by atoms with Gasteiger partial charge in [0.2, 0.25) is 5.91 Å². The topological polar surface area (TPSA) is 56.1 Å².